The summed E-state index contributed by atoms with van der Waals surface area (Å²) < 4.78 is 3.48. The SMILES string of the molecule is O=C(Cn1cnc2ncccc2c1=O)Nc1ccccc1-c1cn2c(n1)CCCC2. The first-order chi connectivity index (χ1) is 14.7. The highest BCUT2D eigenvalue weighted by Crippen LogP contribution is 2.28. The van der Waals surface area contributed by atoms with Gasteiger partial charge in [0.2, 0.25) is 5.91 Å². The Morgan fingerprint density at radius 3 is 2.90 bits per heavy atom. The van der Waals surface area contributed by atoms with Crippen LogP contribution in [-0.2, 0) is 24.3 Å². The normalized spacial score (nSPS) is 13.2. The van der Waals surface area contributed by atoms with E-state index >= 15 is 0 Å². The van der Waals surface area contributed by atoms with Gasteiger partial charge in [0.1, 0.15) is 18.7 Å². The number of nitrogens with zero attached hydrogens (tertiary/aromatic N) is 5. The summed E-state index contributed by atoms with van der Waals surface area (Å²) >= 11 is 0. The van der Waals surface area contributed by atoms with Gasteiger partial charge in [-0.2, -0.15) is 0 Å². The van der Waals surface area contributed by atoms with E-state index in [2.05, 4.69) is 19.9 Å². The van der Waals surface area contributed by atoms with Crippen molar-refractivity contribution in [2.24, 2.45) is 0 Å². The number of hydrogen-bond donors (Lipinski definition) is 1. The van der Waals surface area contributed by atoms with Crippen LogP contribution >= 0.6 is 0 Å². The van der Waals surface area contributed by atoms with Gasteiger partial charge < -0.3 is 9.88 Å². The lowest BCUT2D eigenvalue weighted by atomic mass is 10.1. The molecule has 0 bridgehead atoms. The average Bonchev–Trinajstić information content (AvgIpc) is 3.20. The number of hydrogen-bond acceptors (Lipinski definition) is 5. The van der Waals surface area contributed by atoms with E-state index in [9.17, 15) is 9.59 Å². The molecule has 0 saturated heterocycles. The first-order valence-corrected chi connectivity index (χ1v) is 9.94. The number of carbonyl (C=O) groups excluding carboxylic acids is 1. The molecular formula is C22H20N6O2. The lowest BCUT2D eigenvalue weighted by molar-refractivity contribution is -0.116. The molecule has 0 saturated carbocycles. The van der Waals surface area contributed by atoms with Crippen LogP contribution in [0.25, 0.3) is 22.3 Å². The zero-order valence-electron chi connectivity index (χ0n) is 16.3. The quantitative estimate of drug-likeness (QED) is 0.568. The Hall–Kier alpha value is -3.81. The molecule has 0 fully saturated rings. The van der Waals surface area contributed by atoms with Gasteiger partial charge in [-0.15, -0.1) is 0 Å². The standard InChI is InChI=1S/C22H20N6O2/c29-20(13-28-14-24-21-16(22(28)30)7-5-10-23-21)26-17-8-2-1-6-15(17)18-12-27-11-4-3-9-19(27)25-18/h1-2,5-8,10,12,14H,3-4,9,11,13H2,(H,26,29). The van der Waals surface area contributed by atoms with Crippen molar-refractivity contribution in [3.05, 3.63) is 71.3 Å². The van der Waals surface area contributed by atoms with Crippen LogP contribution in [-0.4, -0.2) is 30.0 Å². The Balaban J connectivity index is 1.40. The molecule has 0 spiro atoms. The predicted molar refractivity (Wildman–Crippen MR) is 113 cm³/mol. The largest absolute Gasteiger partial charge is 0.334 e. The van der Waals surface area contributed by atoms with Crippen LogP contribution in [0, 0.1) is 0 Å². The van der Waals surface area contributed by atoms with Gasteiger partial charge in [0.25, 0.3) is 5.56 Å². The van der Waals surface area contributed by atoms with Gasteiger partial charge in [-0.25, -0.2) is 15.0 Å². The number of benzene rings is 1. The van der Waals surface area contributed by atoms with Crippen LogP contribution < -0.4 is 10.9 Å². The molecule has 0 radical (unpaired) electrons. The first-order valence-electron chi connectivity index (χ1n) is 9.94. The highest BCUT2D eigenvalue weighted by molar-refractivity contribution is 5.95. The van der Waals surface area contributed by atoms with Gasteiger partial charge in [0.05, 0.1) is 16.8 Å². The van der Waals surface area contributed by atoms with E-state index in [-0.39, 0.29) is 18.0 Å². The second-order valence-corrected chi connectivity index (χ2v) is 7.34. The molecule has 0 atom stereocenters. The number of anilines is 1. The van der Waals surface area contributed by atoms with Crippen LogP contribution in [0.2, 0.25) is 0 Å². The summed E-state index contributed by atoms with van der Waals surface area (Å²) in [6, 6.07) is 10.9. The fourth-order valence-electron chi connectivity index (χ4n) is 3.81. The summed E-state index contributed by atoms with van der Waals surface area (Å²) in [5.41, 5.74) is 2.45. The van der Waals surface area contributed by atoms with E-state index in [0.29, 0.717) is 16.7 Å². The van der Waals surface area contributed by atoms with Gasteiger partial charge >= 0.3 is 0 Å². The number of rotatable bonds is 4. The van der Waals surface area contributed by atoms with Crippen LogP contribution in [0.5, 0.6) is 0 Å². The third-order valence-corrected chi connectivity index (χ3v) is 5.30. The average molecular weight is 400 g/mol. The molecule has 1 aliphatic heterocycles. The lowest BCUT2D eigenvalue weighted by Gasteiger charge is -2.11. The van der Waals surface area contributed by atoms with Crippen LogP contribution in [0.15, 0.2) is 59.9 Å². The number of aryl methyl sites for hydroxylation is 2. The van der Waals surface area contributed by atoms with Crippen molar-refractivity contribution in [2.45, 2.75) is 32.4 Å². The summed E-state index contributed by atoms with van der Waals surface area (Å²) in [4.78, 5) is 38.3. The number of amides is 1. The predicted octanol–water partition coefficient (Wildman–Crippen LogP) is 2.63. The number of imidazole rings is 1. The molecule has 1 amide bonds. The number of aromatic nitrogens is 5. The van der Waals surface area contributed by atoms with Crippen molar-refractivity contribution in [3.63, 3.8) is 0 Å². The van der Waals surface area contributed by atoms with E-state index in [4.69, 9.17) is 4.98 Å². The van der Waals surface area contributed by atoms with E-state index in [1.165, 1.54) is 10.9 Å². The molecule has 0 unspecified atom stereocenters. The molecule has 150 valence electrons. The van der Waals surface area contributed by atoms with Gasteiger partial charge in [-0.3, -0.25) is 14.2 Å². The summed E-state index contributed by atoms with van der Waals surface area (Å²) in [6.07, 6.45) is 8.26. The highest BCUT2D eigenvalue weighted by atomic mass is 16.2. The van der Waals surface area contributed by atoms with Crippen molar-refractivity contribution >= 4 is 22.6 Å². The molecule has 4 aromatic rings. The van der Waals surface area contributed by atoms with Crippen molar-refractivity contribution in [3.8, 4) is 11.3 Å². The number of nitrogens with one attached hydrogen (secondary N) is 1. The minimum Gasteiger partial charge on any atom is -0.334 e. The summed E-state index contributed by atoms with van der Waals surface area (Å²) in [6.45, 7) is 0.842. The molecule has 5 rings (SSSR count). The van der Waals surface area contributed by atoms with Crippen molar-refractivity contribution in [1.82, 2.24) is 24.1 Å². The Labute approximate surface area is 172 Å². The van der Waals surface area contributed by atoms with Crippen molar-refractivity contribution in [2.75, 3.05) is 5.32 Å². The molecule has 3 aromatic heterocycles. The monoisotopic (exact) mass is 400 g/mol. The molecule has 30 heavy (non-hydrogen) atoms. The Bertz CT molecular complexity index is 1280. The zero-order valence-corrected chi connectivity index (χ0v) is 16.3. The van der Waals surface area contributed by atoms with E-state index in [0.717, 1.165) is 42.9 Å². The third-order valence-electron chi connectivity index (χ3n) is 5.30. The maximum Gasteiger partial charge on any atom is 0.263 e. The smallest absolute Gasteiger partial charge is 0.263 e. The van der Waals surface area contributed by atoms with Crippen molar-refractivity contribution < 1.29 is 4.79 Å². The Kier molecular flexibility index (Phi) is 4.59. The van der Waals surface area contributed by atoms with Crippen molar-refractivity contribution in [1.29, 1.82) is 0 Å². The fraction of sp³-hybridized carbons (Fsp3) is 0.227. The molecule has 0 aliphatic carbocycles. The number of fused-ring (bicyclic) bond motifs is 2. The molecule has 8 nitrogen and oxygen atoms in total. The Morgan fingerprint density at radius 1 is 1.10 bits per heavy atom. The summed E-state index contributed by atoms with van der Waals surface area (Å²) in [7, 11) is 0. The molecule has 1 aromatic carbocycles. The fourth-order valence-corrected chi connectivity index (χ4v) is 3.81. The summed E-state index contributed by atoms with van der Waals surface area (Å²) in [5.74, 6) is 0.776. The first kappa shape index (κ1) is 18.2. The minimum absolute atomic E-state index is 0.134. The van der Waals surface area contributed by atoms with E-state index in [1.54, 1.807) is 18.3 Å². The summed E-state index contributed by atoms with van der Waals surface area (Å²) in [5, 5.41) is 3.31. The second kappa shape index (κ2) is 7.55. The molecule has 4 heterocycles. The molecule has 1 N–H and O–H groups in total. The van der Waals surface area contributed by atoms with Gasteiger partial charge in [0, 0.05) is 30.9 Å². The van der Waals surface area contributed by atoms with Gasteiger partial charge in [0.15, 0.2) is 5.65 Å². The molecule has 1 aliphatic rings. The highest BCUT2D eigenvalue weighted by Gasteiger charge is 2.16. The molecular weight excluding hydrogens is 380 g/mol. The van der Waals surface area contributed by atoms with Gasteiger partial charge in [-0.05, 0) is 31.0 Å². The second-order valence-electron chi connectivity index (χ2n) is 7.34. The van der Waals surface area contributed by atoms with Crippen LogP contribution in [0.1, 0.15) is 18.7 Å². The minimum atomic E-state index is -0.307. The maximum atomic E-state index is 12.7. The number of pyridine rings is 1. The zero-order chi connectivity index (χ0) is 20.5. The van der Waals surface area contributed by atoms with Gasteiger partial charge in [-0.1, -0.05) is 18.2 Å². The van der Waals surface area contributed by atoms with Crippen LogP contribution in [0.4, 0.5) is 5.69 Å². The number of para-hydroxylation sites is 1. The molecule has 8 heteroatoms. The third kappa shape index (κ3) is 3.36. The van der Waals surface area contributed by atoms with E-state index in [1.807, 2.05) is 30.5 Å². The maximum absolute atomic E-state index is 12.7. The lowest BCUT2D eigenvalue weighted by Crippen LogP contribution is -2.28. The Morgan fingerprint density at radius 2 is 2.00 bits per heavy atom. The number of carbonyl (C=O) groups is 1. The van der Waals surface area contributed by atoms with E-state index < -0.39 is 0 Å². The van der Waals surface area contributed by atoms with Crippen LogP contribution in [0.3, 0.4) is 0 Å². The topological polar surface area (TPSA) is 94.7 Å².